The highest BCUT2D eigenvalue weighted by atomic mass is 14.3. The van der Waals surface area contributed by atoms with E-state index in [1.807, 2.05) is 0 Å². The van der Waals surface area contributed by atoms with Crippen molar-refractivity contribution in [2.24, 2.45) is 29.6 Å². The second kappa shape index (κ2) is 8.23. The molecule has 2 atom stereocenters. The van der Waals surface area contributed by atoms with E-state index in [1.54, 1.807) is 0 Å². The molecule has 0 nitrogen and oxygen atoms in total. The van der Waals surface area contributed by atoms with Crippen LogP contribution in [0, 0.1) is 29.6 Å². The SMILES string of the molecule is CCC(CCCC(C)C(C)C)C1CCC(C)CC1. The van der Waals surface area contributed by atoms with Crippen LogP contribution in [0.4, 0.5) is 0 Å². The highest BCUT2D eigenvalue weighted by Gasteiger charge is 2.24. The minimum absolute atomic E-state index is 0.862. The molecule has 1 aliphatic carbocycles. The van der Waals surface area contributed by atoms with Crippen LogP contribution in [0.2, 0.25) is 0 Å². The first kappa shape index (κ1) is 16.1. The predicted molar refractivity (Wildman–Crippen MR) is 82.8 cm³/mol. The Labute approximate surface area is 116 Å². The number of rotatable bonds is 7. The van der Waals surface area contributed by atoms with Crippen LogP contribution in [0.3, 0.4) is 0 Å². The molecule has 0 heteroatoms. The summed E-state index contributed by atoms with van der Waals surface area (Å²) in [6, 6.07) is 0. The van der Waals surface area contributed by atoms with Gasteiger partial charge in [0, 0.05) is 0 Å². The topological polar surface area (TPSA) is 0 Å². The zero-order chi connectivity index (χ0) is 13.5. The Kier molecular flexibility index (Phi) is 7.34. The van der Waals surface area contributed by atoms with Gasteiger partial charge in [0.1, 0.15) is 0 Å². The highest BCUT2D eigenvalue weighted by molar-refractivity contribution is 4.76. The molecule has 0 amide bonds. The smallest absolute Gasteiger partial charge is 0.0386 e. The van der Waals surface area contributed by atoms with Gasteiger partial charge in [-0.25, -0.2) is 0 Å². The zero-order valence-corrected chi connectivity index (χ0v) is 13.5. The molecule has 0 bridgehead atoms. The van der Waals surface area contributed by atoms with E-state index in [0.29, 0.717) is 0 Å². The van der Waals surface area contributed by atoms with E-state index in [2.05, 4.69) is 34.6 Å². The van der Waals surface area contributed by atoms with E-state index in [1.165, 1.54) is 51.4 Å². The van der Waals surface area contributed by atoms with Crippen molar-refractivity contribution in [1.29, 1.82) is 0 Å². The quantitative estimate of drug-likeness (QED) is 0.498. The summed E-state index contributed by atoms with van der Waals surface area (Å²) in [4.78, 5) is 0. The Hall–Kier alpha value is 0. The van der Waals surface area contributed by atoms with Crippen LogP contribution in [0.15, 0.2) is 0 Å². The fourth-order valence-corrected chi connectivity index (χ4v) is 3.57. The minimum atomic E-state index is 0.862. The van der Waals surface area contributed by atoms with Crippen LogP contribution in [-0.4, -0.2) is 0 Å². The first-order chi connectivity index (χ1) is 8.54. The van der Waals surface area contributed by atoms with Crippen LogP contribution < -0.4 is 0 Å². The van der Waals surface area contributed by atoms with E-state index in [9.17, 15) is 0 Å². The normalized spacial score (nSPS) is 28.3. The number of hydrogen-bond acceptors (Lipinski definition) is 0. The van der Waals surface area contributed by atoms with Crippen molar-refractivity contribution in [3.05, 3.63) is 0 Å². The third-order valence-electron chi connectivity index (χ3n) is 5.62. The van der Waals surface area contributed by atoms with Crippen molar-refractivity contribution in [3.63, 3.8) is 0 Å². The van der Waals surface area contributed by atoms with Gasteiger partial charge in [-0.2, -0.15) is 0 Å². The summed E-state index contributed by atoms with van der Waals surface area (Å²) < 4.78 is 0. The van der Waals surface area contributed by atoms with Crippen LogP contribution in [-0.2, 0) is 0 Å². The Balaban J connectivity index is 2.25. The molecular formula is C18H36. The molecule has 0 heterocycles. The molecule has 1 rings (SSSR count). The standard InChI is InChI=1S/C18H36/c1-6-17(9-7-8-16(5)14(2)3)18-12-10-15(4)11-13-18/h14-18H,6-13H2,1-5H3. The summed E-state index contributed by atoms with van der Waals surface area (Å²) in [6.07, 6.45) is 11.8. The van der Waals surface area contributed by atoms with Crippen LogP contribution >= 0.6 is 0 Å². The zero-order valence-electron chi connectivity index (χ0n) is 13.5. The van der Waals surface area contributed by atoms with Gasteiger partial charge in [0.2, 0.25) is 0 Å². The molecule has 0 aromatic heterocycles. The molecule has 0 aromatic rings. The predicted octanol–water partition coefficient (Wildman–Crippen LogP) is 6.30. The maximum absolute atomic E-state index is 2.43. The van der Waals surface area contributed by atoms with E-state index in [0.717, 1.165) is 29.6 Å². The van der Waals surface area contributed by atoms with E-state index < -0.39 is 0 Å². The van der Waals surface area contributed by atoms with E-state index in [4.69, 9.17) is 0 Å². The fourth-order valence-electron chi connectivity index (χ4n) is 3.57. The second-order valence-corrected chi connectivity index (χ2v) is 7.34. The third-order valence-corrected chi connectivity index (χ3v) is 5.62. The molecular weight excluding hydrogens is 216 g/mol. The molecule has 1 saturated carbocycles. The average molecular weight is 252 g/mol. The van der Waals surface area contributed by atoms with Crippen molar-refractivity contribution in [3.8, 4) is 0 Å². The van der Waals surface area contributed by atoms with Gasteiger partial charge in [-0.1, -0.05) is 73.1 Å². The Bertz CT molecular complexity index is 198. The molecule has 0 saturated heterocycles. The van der Waals surface area contributed by atoms with Gasteiger partial charge in [-0.05, 0) is 42.4 Å². The third kappa shape index (κ3) is 5.33. The Morgan fingerprint density at radius 3 is 2.06 bits per heavy atom. The van der Waals surface area contributed by atoms with Crippen LogP contribution in [0.5, 0.6) is 0 Å². The Morgan fingerprint density at radius 1 is 0.944 bits per heavy atom. The molecule has 0 spiro atoms. The lowest BCUT2D eigenvalue weighted by Gasteiger charge is -2.32. The van der Waals surface area contributed by atoms with E-state index >= 15 is 0 Å². The largest absolute Gasteiger partial charge is 0.0651 e. The van der Waals surface area contributed by atoms with Gasteiger partial charge in [0.15, 0.2) is 0 Å². The molecule has 0 aliphatic heterocycles. The van der Waals surface area contributed by atoms with Gasteiger partial charge in [-0.15, -0.1) is 0 Å². The molecule has 18 heavy (non-hydrogen) atoms. The highest BCUT2D eigenvalue weighted by Crippen LogP contribution is 2.37. The van der Waals surface area contributed by atoms with Crippen molar-refractivity contribution in [2.45, 2.75) is 86.0 Å². The molecule has 1 fully saturated rings. The molecule has 1 aliphatic rings. The second-order valence-electron chi connectivity index (χ2n) is 7.34. The van der Waals surface area contributed by atoms with Gasteiger partial charge >= 0.3 is 0 Å². The maximum atomic E-state index is 2.43. The summed E-state index contributed by atoms with van der Waals surface area (Å²) >= 11 is 0. The van der Waals surface area contributed by atoms with Gasteiger partial charge in [0.05, 0.1) is 0 Å². The molecule has 0 N–H and O–H groups in total. The molecule has 0 radical (unpaired) electrons. The summed E-state index contributed by atoms with van der Waals surface area (Å²) in [7, 11) is 0. The summed E-state index contributed by atoms with van der Waals surface area (Å²) in [5.41, 5.74) is 0. The minimum Gasteiger partial charge on any atom is -0.0651 e. The van der Waals surface area contributed by atoms with Crippen molar-refractivity contribution < 1.29 is 0 Å². The maximum Gasteiger partial charge on any atom is -0.0386 e. The van der Waals surface area contributed by atoms with Crippen molar-refractivity contribution in [1.82, 2.24) is 0 Å². The summed E-state index contributed by atoms with van der Waals surface area (Å²) in [6.45, 7) is 12.0. The lowest BCUT2D eigenvalue weighted by molar-refractivity contribution is 0.192. The van der Waals surface area contributed by atoms with Gasteiger partial charge in [-0.3, -0.25) is 0 Å². The van der Waals surface area contributed by atoms with Gasteiger partial charge in [0.25, 0.3) is 0 Å². The molecule has 2 unspecified atom stereocenters. The van der Waals surface area contributed by atoms with Crippen molar-refractivity contribution >= 4 is 0 Å². The first-order valence-corrected chi connectivity index (χ1v) is 8.54. The monoisotopic (exact) mass is 252 g/mol. The first-order valence-electron chi connectivity index (χ1n) is 8.54. The average Bonchev–Trinajstić information content (AvgIpc) is 2.35. The van der Waals surface area contributed by atoms with Gasteiger partial charge < -0.3 is 0 Å². The van der Waals surface area contributed by atoms with E-state index in [-0.39, 0.29) is 0 Å². The molecule has 108 valence electrons. The fraction of sp³-hybridized carbons (Fsp3) is 1.00. The lowest BCUT2D eigenvalue weighted by Crippen LogP contribution is -2.20. The summed E-state index contributed by atoms with van der Waals surface area (Å²) in [5, 5.41) is 0. The van der Waals surface area contributed by atoms with Crippen LogP contribution in [0.1, 0.15) is 86.0 Å². The Morgan fingerprint density at radius 2 is 1.56 bits per heavy atom. The van der Waals surface area contributed by atoms with Crippen LogP contribution in [0.25, 0.3) is 0 Å². The number of hydrogen-bond donors (Lipinski definition) is 0. The molecule has 0 aromatic carbocycles. The summed E-state index contributed by atoms with van der Waals surface area (Å²) in [5.74, 6) is 4.85. The van der Waals surface area contributed by atoms with Crippen molar-refractivity contribution in [2.75, 3.05) is 0 Å². The lowest BCUT2D eigenvalue weighted by atomic mass is 9.73.